The van der Waals surface area contributed by atoms with Gasteiger partial charge >= 0.3 is 23.1 Å². The predicted octanol–water partition coefficient (Wildman–Crippen LogP) is 2.37. The molecule has 1 aromatic carbocycles. The smallest absolute Gasteiger partial charge is 1.00 e. The van der Waals surface area contributed by atoms with Gasteiger partial charge in [0.15, 0.2) is 0 Å². The summed E-state index contributed by atoms with van der Waals surface area (Å²) in [5, 5.41) is 0. The third kappa shape index (κ3) is 6.74. The van der Waals surface area contributed by atoms with Crippen molar-refractivity contribution in [2.24, 2.45) is 0 Å². The number of hydrogen-bond donors (Lipinski definition) is 0. The van der Waals surface area contributed by atoms with Crippen LogP contribution in [0.4, 0.5) is 0 Å². The SMILES string of the molecule is Cc1ccccc1.Cl.S.[H-].[H-].[Mg+2]. The summed E-state index contributed by atoms with van der Waals surface area (Å²) in [6, 6.07) is 10.3. The summed E-state index contributed by atoms with van der Waals surface area (Å²) in [6.45, 7) is 2.08. The molecule has 3 heteroatoms. The van der Waals surface area contributed by atoms with E-state index in [-0.39, 0.29) is 51.8 Å². The first-order valence-corrected chi connectivity index (χ1v) is 2.41. The van der Waals surface area contributed by atoms with E-state index in [2.05, 4.69) is 19.1 Å². The second kappa shape index (κ2) is 9.63. The van der Waals surface area contributed by atoms with Crippen molar-refractivity contribution in [1.82, 2.24) is 0 Å². The molecule has 0 saturated heterocycles. The van der Waals surface area contributed by atoms with Crippen LogP contribution in [0, 0.1) is 6.92 Å². The van der Waals surface area contributed by atoms with Gasteiger partial charge in [-0.3, -0.25) is 0 Å². The third-order valence-electron chi connectivity index (χ3n) is 0.940. The molecule has 0 atom stereocenters. The van der Waals surface area contributed by atoms with Crippen molar-refractivity contribution >= 4 is 49.0 Å². The largest absolute Gasteiger partial charge is 2.00 e. The summed E-state index contributed by atoms with van der Waals surface area (Å²) in [7, 11) is 0. The molecular weight excluding hydrogens is 176 g/mol. The average molecular weight is 189 g/mol. The Balaban J connectivity index is -0.0000000327. The number of aryl methyl sites for hydroxylation is 1. The predicted molar refractivity (Wildman–Crippen MR) is 56.8 cm³/mol. The van der Waals surface area contributed by atoms with Gasteiger partial charge in [-0.25, -0.2) is 0 Å². The minimum absolute atomic E-state index is 0. The van der Waals surface area contributed by atoms with Crippen molar-refractivity contribution in [1.29, 1.82) is 0 Å². The summed E-state index contributed by atoms with van der Waals surface area (Å²) in [4.78, 5) is 0. The Morgan fingerprint density at radius 2 is 1.50 bits per heavy atom. The van der Waals surface area contributed by atoms with Crippen LogP contribution in [-0.4, -0.2) is 23.1 Å². The van der Waals surface area contributed by atoms with E-state index >= 15 is 0 Å². The number of hydrogen-bond acceptors (Lipinski definition) is 0. The Labute approximate surface area is 94.4 Å². The molecule has 0 fully saturated rings. The van der Waals surface area contributed by atoms with Crippen molar-refractivity contribution < 1.29 is 2.85 Å². The van der Waals surface area contributed by atoms with Crippen LogP contribution in [0.15, 0.2) is 30.3 Å². The number of rotatable bonds is 0. The molecule has 0 amide bonds. The van der Waals surface area contributed by atoms with Crippen LogP contribution in [0.5, 0.6) is 0 Å². The standard InChI is InChI=1S/C7H8.ClH.Mg.H2S.2H/c1-7-5-3-2-4-6-7;;;;;/h2-6H,1H3;1H;;1H2;;/q;;+2;;2*-1. The van der Waals surface area contributed by atoms with Crippen LogP contribution in [-0.2, 0) is 0 Å². The van der Waals surface area contributed by atoms with Crippen molar-refractivity contribution in [2.75, 3.05) is 0 Å². The summed E-state index contributed by atoms with van der Waals surface area (Å²) in [5.74, 6) is 0. The van der Waals surface area contributed by atoms with Crippen LogP contribution in [0.3, 0.4) is 0 Å². The molecule has 0 aliphatic rings. The van der Waals surface area contributed by atoms with Crippen LogP contribution in [0.2, 0.25) is 0 Å². The molecule has 0 N–H and O–H groups in total. The van der Waals surface area contributed by atoms with E-state index in [4.69, 9.17) is 0 Å². The Morgan fingerprint density at radius 3 is 1.70 bits per heavy atom. The van der Waals surface area contributed by atoms with Gasteiger partial charge in [0.2, 0.25) is 0 Å². The van der Waals surface area contributed by atoms with E-state index in [0.717, 1.165) is 0 Å². The van der Waals surface area contributed by atoms with Gasteiger partial charge in [0.05, 0.1) is 0 Å². The van der Waals surface area contributed by atoms with Gasteiger partial charge in [0.25, 0.3) is 0 Å². The molecule has 0 unspecified atom stereocenters. The molecule has 0 bridgehead atoms. The van der Waals surface area contributed by atoms with Crippen molar-refractivity contribution in [2.45, 2.75) is 6.92 Å². The van der Waals surface area contributed by atoms with Crippen molar-refractivity contribution in [3.05, 3.63) is 35.9 Å². The number of benzene rings is 1. The van der Waals surface area contributed by atoms with E-state index in [0.29, 0.717) is 0 Å². The second-order valence-electron chi connectivity index (χ2n) is 1.65. The molecule has 0 nitrogen and oxygen atoms in total. The zero-order valence-electron chi connectivity index (χ0n) is 8.00. The van der Waals surface area contributed by atoms with Gasteiger partial charge < -0.3 is 2.85 Å². The van der Waals surface area contributed by atoms with Gasteiger partial charge in [-0.2, -0.15) is 13.5 Å². The number of halogens is 1. The van der Waals surface area contributed by atoms with Crippen LogP contribution >= 0.6 is 25.9 Å². The van der Waals surface area contributed by atoms with Crippen LogP contribution in [0.25, 0.3) is 0 Å². The fourth-order valence-electron chi connectivity index (χ4n) is 0.534. The third-order valence-corrected chi connectivity index (χ3v) is 0.940. The van der Waals surface area contributed by atoms with Gasteiger partial charge in [-0.1, -0.05) is 35.9 Å². The van der Waals surface area contributed by atoms with E-state index in [9.17, 15) is 0 Å². The molecule has 0 spiro atoms. The molecule has 0 aromatic heterocycles. The normalized spacial score (nSPS) is 6.10. The maximum atomic E-state index is 2.08. The molecule has 1 aromatic rings. The van der Waals surface area contributed by atoms with Crippen molar-refractivity contribution in [3.63, 3.8) is 0 Å². The molecule has 1 rings (SSSR count). The van der Waals surface area contributed by atoms with Gasteiger partial charge in [0.1, 0.15) is 0 Å². The summed E-state index contributed by atoms with van der Waals surface area (Å²) in [6.07, 6.45) is 0. The van der Waals surface area contributed by atoms with Gasteiger partial charge in [-0.15, -0.1) is 12.4 Å². The van der Waals surface area contributed by atoms with E-state index in [1.807, 2.05) is 18.2 Å². The minimum Gasteiger partial charge on any atom is -1.00 e. The maximum absolute atomic E-state index is 2.08. The summed E-state index contributed by atoms with van der Waals surface area (Å²) in [5.41, 5.74) is 1.32. The molecule has 0 aliphatic heterocycles. The molecule has 0 saturated carbocycles. The van der Waals surface area contributed by atoms with Crippen LogP contribution in [0.1, 0.15) is 8.42 Å². The molecule has 10 heavy (non-hydrogen) atoms. The maximum Gasteiger partial charge on any atom is 2.00 e. The molecule has 0 radical (unpaired) electrons. The summed E-state index contributed by atoms with van der Waals surface area (Å²) < 4.78 is 0. The molecule has 56 valence electrons. The quantitative estimate of drug-likeness (QED) is 0.549. The molecule has 0 heterocycles. The van der Waals surface area contributed by atoms with E-state index < -0.39 is 0 Å². The minimum atomic E-state index is 0. The van der Waals surface area contributed by atoms with Gasteiger partial charge in [0, 0.05) is 0 Å². The average Bonchev–Trinajstić information content (AvgIpc) is 1.69. The summed E-state index contributed by atoms with van der Waals surface area (Å²) >= 11 is 0. The zero-order valence-corrected chi connectivity index (χ0v) is 9.23. The first-order valence-electron chi connectivity index (χ1n) is 2.41. The Bertz CT molecular complexity index is 151. The van der Waals surface area contributed by atoms with E-state index in [1.165, 1.54) is 5.56 Å². The Kier molecular flexibility index (Phi) is 16.3. The first kappa shape index (κ1) is 16.9. The molecular formula is C7H13ClMgS. The van der Waals surface area contributed by atoms with Gasteiger partial charge in [-0.05, 0) is 6.92 Å². The monoisotopic (exact) mass is 188 g/mol. The fraction of sp³-hybridized carbons (Fsp3) is 0.143. The second-order valence-corrected chi connectivity index (χ2v) is 1.65. The molecule has 0 aliphatic carbocycles. The first-order chi connectivity index (χ1) is 3.39. The van der Waals surface area contributed by atoms with Crippen LogP contribution < -0.4 is 0 Å². The fourth-order valence-corrected chi connectivity index (χ4v) is 0.534. The zero-order chi connectivity index (χ0) is 5.11. The topological polar surface area (TPSA) is 0 Å². The van der Waals surface area contributed by atoms with E-state index in [1.54, 1.807) is 0 Å². The Hall–Kier alpha value is 0.626. The Morgan fingerprint density at radius 1 is 1.10 bits per heavy atom. The van der Waals surface area contributed by atoms with Crippen molar-refractivity contribution in [3.8, 4) is 0 Å².